The van der Waals surface area contributed by atoms with Crippen LogP contribution in [0.4, 0.5) is 0 Å². The van der Waals surface area contributed by atoms with Crippen molar-refractivity contribution in [2.45, 2.75) is 33.6 Å². The third-order valence-corrected chi connectivity index (χ3v) is 3.12. The highest BCUT2D eigenvalue weighted by Gasteiger charge is 2.40. The molecular weight excluding hydrogens is 168 g/mol. The lowest BCUT2D eigenvalue weighted by atomic mass is 9.93. The molecule has 0 radical (unpaired) electrons. The minimum Gasteiger partial charge on any atom is -0.0988 e. The molecule has 0 bridgehead atoms. The molecule has 1 rings (SSSR count). The van der Waals surface area contributed by atoms with Gasteiger partial charge in [-0.3, -0.25) is 0 Å². The van der Waals surface area contributed by atoms with E-state index < -0.39 is 0 Å². The van der Waals surface area contributed by atoms with Crippen molar-refractivity contribution in [2.75, 3.05) is 0 Å². The van der Waals surface area contributed by atoms with Crippen LogP contribution in [0.1, 0.15) is 33.6 Å². The molecule has 0 spiro atoms. The summed E-state index contributed by atoms with van der Waals surface area (Å²) in [4.78, 5) is 0. The van der Waals surface area contributed by atoms with Gasteiger partial charge in [-0.15, -0.1) is 0 Å². The molecule has 1 fully saturated rings. The average Bonchev–Trinajstić information content (AvgIpc) is 2.92. The molecule has 0 aromatic carbocycles. The van der Waals surface area contributed by atoms with Gasteiger partial charge in [-0.1, -0.05) is 43.9 Å². The molecule has 1 saturated carbocycles. The standard InChI is InChI=1S/C14H20/c1-6-11(2)7-8-12(3)13(4)14(5)9-10-14/h6-8H,1,4,9-10H2,2-3,5H3/b11-7-,12-8+. The Labute approximate surface area is 87.7 Å². The second kappa shape index (κ2) is 4.00. The summed E-state index contributed by atoms with van der Waals surface area (Å²) in [7, 11) is 0. The van der Waals surface area contributed by atoms with Gasteiger partial charge in [-0.2, -0.15) is 0 Å². The zero-order valence-electron chi connectivity index (χ0n) is 9.56. The average molecular weight is 188 g/mol. The molecule has 0 atom stereocenters. The third kappa shape index (κ3) is 2.47. The highest BCUT2D eigenvalue weighted by molar-refractivity contribution is 5.38. The molecular formula is C14H20. The zero-order chi connectivity index (χ0) is 10.8. The fourth-order valence-corrected chi connectivity index (χ4v) is 1.39. The van der Waals surface area contributed by atoms with Crippen molar-refractivity contribution in [2.24, 2.45) is 5.41 Å². The predicted octanol–water partition coefficient (Wildman–Crippen LogP) is 4.42. The van der Waals surface area contributed by atoms with Crippen LogP contribution in [0.25, 0.3) is 0 Å². The summed E-state index contributed by atoms with van der Waals surface area (Å²) in [6.07, 6.45) is 8.69. The summed E-state index contributed by atoms with van der Waals surface area (Å²) >= 11 is 0. The maximum atomic E-state index is 4.17. The normalized spacial score (nSPS) is 20.5. The number of allylic oxidation sites excluding steroid dienone is 6. The predicted molar refractivity (Wildman–Crippen MR) is 64.2 cm³/mol. The molecule has 0 N–H and O–H groups in total. The van der Waals surface area contributed by atoms with E-state index in [4.69, 9.17) is 0 Å². The lowest BCUT2D eigenvalue weighted by Crippen LogP contribution is -1.98. The largest absolute Gasteiger partial charge is 0.0988 e. The van der Waals surface area contributed by atoms with E-state index in [9.17, 15) is 0 Å². The highest BCUT2D eigenvalue weighted by Crippen LogP contribution is 2.52. The van der Waals surface area contributed by atoms with E-state index in [-0.39, 0.29) is 0 Å². The van der Waals surface area contributed by atoms with Crippen molar-refractivity contribution in [3.05, 3.63) is 48.1 Å². The third-order valence-electron chi connectivity index (χ3n) is 3.12. The van der Waals surface area contributed by atoms with Gasteiger partial charge >= 0.3 is 0 Å². The smallest absolute Gasteiger partial charge is 0.00779 e. The first kappa shape index (κ1) is 11.0. The first-order chi connectivity index (χ1) is 6.49. The molecule has 0 heterocycles. The molecule has 1 aliphatic rings. The van der Waals surface area contributed by atoms with E-state index in [1.165, 1.54) is 29.6 Å². The molecule has 0 aromatic rings. The Balaban J connectivity index is 2.69. The van der Waals surface area contributed by atoms with E-state index >= 15 is 0 Å². The zero-order valence-corrected chi connectivity index (χ0v) is 9.56. The first-order valence-electron chi connectivity index (χ1n) is 5.17. The minimum absolute atomic E-state index is 0.399. The summed E-state index contributed by atoms with van der Waals surface area (Å²) in [6, 6.07) is 0. The quantitative estimate of drug-likeness (QED) is 0.573. The minimum atomic E-state index is 0.399. The molecule has 0 aliphatic heterocycles. The van der Waals surface area contributed by atoms with Crippen molar-refractivity contribution >= 4 is 0 Å². The van der Waals surface area contributed by atoms with Crippen LogP contribution in [0.5, 0.6) is 0 Å². The van der Waals surface area contributed by atoms with Crippen molar-refractivity contribution in [3.8, 4) is 0 Å². The molecule has 0 saturated heterocycles. The van der Waals surface area contributed by atoms with Crippen molar-refractivity contribution < 1.29 is 0 Å². The molecule has 0 unspecified atom stereocenters. The van der Waals surface area contributed by atoms with Gasteiger partial charge in [-0.25, -0.2) is 0 Å². The Kier molecular flexibility index (Phi) is 3.15. The lowest BCUT2D eigenvalue weighted by Gasteiger charge is -2.12. The van der Waals surface area contributed by atoms with Crippen LogP contribution in [0.3, 0.4) is 0 Å². The van der Waals surface area contributed by atoms with Gasteiger partial charge in [0.05, 0.1) is 0 Å². The first-order valence-corrected chi connectivity index (χ1v) is 5.17. The molecule has 0 aromatic heterocycles. The van der Waals surface area contributed by atoms with E-state index in [2.05, 4.69) is 46.1 Å². The SMILES string of the molecule is C=C/C(C)=C\C=C(/C)C(=C)C1(C)CC1. The Morgan fingerprint density at radius 2 is 1.79 bits per heavy atom. The Morgan fingerprint density at radius 3 is 2.21 bits per heavy atom. The summed E-state index contributed by atoms with van der Waals surface area (Å²) in [6.45, 7) is 14.4. The van der Waals surface area contributed by atoms with Gasteiger partial charge < -0.3 is 0 Å². The highest BCUT2D eigenvalue weighted by atomic mass is 14.4. The Morgan fingerprint density at radius 1 is 1.21 bits per heavy atom. The van der Waals surface area contributed by atoms with Gasteiger partial charge in [0, 0.05) is 0 Å². The Bertz CT molecular complexity index is 309. The molecule has 0 amide bonds. The summed E-state index contributed by atoms with van der Waals surface area (Å²) in [5.74, 6) is 0. The van der Waals surface area contributed by atoms with Crippen LogP contribution in [0, 0.1) is 5.41 Å². The molecule has 0 heteroatoms. The fourth-order valence-electron chi connectivity index (χ4n) is 1.39. The Hall–Kier alpha value is -1.04. The number of hydrogen-bond acceptors (Lipinski definition) is 0. The fraction of sp³-hybridized carbons (Fsp3) is 0.429. The van der Waals surface area contributed by atoms with Crippen molar-refractivity contribution in [1.29, 1.82) is 0 Å². The van der Waals surface area contributed by atoms with Crippen LogP contribution < -0.4 is 0 Å². The van der Waals surface area contributed by atoms with E-state index in [1.54, 1.807) is 0 Å². The van der Waals surface area contributed by atoms with E-state index in [0.29, 0.717) is 5.41 Å². The van der Waals surface area contributed by atoms with Crippen molar-refractivity contribution in [3.63, 3.8) is 0 Å². The second-order valence-corrected chi connectivity index (χ2v) is 4.50. The van der Waals surface area contributed by atoms with E-state index in [0.717, 1.165) is 0 Å². The maximum Gasteiger partial charge on any atom is -0.00779 e. The van der Waals surface area contributed by atoms with Crippen LogP contribution in [0.2, 0.25) is 0 Å². The number of rotatable bonds is 4. The summed E-state index contributed by atoms with van der Waals surface area (Å²) in [5.41, 5.74) is 4.19. The topological polar surface area (TPSA) is 0 Å². The van der Waals surface area contributed by atoms with Crippen LogP contribution in [0.15, 0.2) is 48.1 Å². The van der Waals surface area contributed by atoms with Crippen LogP contribution in [-0.2, 0) is 0 Å². The van der Waals surface area contributed by atoms with Crippen LogP contribution in [-0.4, -0.2) is 0 Å². The second-order valence-electron chi connectivity index (χ2n) is 4.50. The van der Waals surface area contributed by atoms with Gasteiger partial charge in [0.15, 0.2) is 0 Å². The van der Waals surface area contributed by atoms with Crippen LogP contribution >= 0.6 is 0 Å². The number of hydrogen-bond donors (Lipinski definition) is 0. The van der Waals surface area contributed by atoms with Gasteiger partial charge in [-0.05, 0) is 43.3 Å². The monoisotopic (exact) mass is 188 g/mol. The van der Waals surface area contributed by atoms with Gasteiger partial charge in [0.1, 0.15) is 0 Å². The molecule has 1 aliphatic carbocycles. The van der Waals surface area contributed by atoms with Gasteiger partial charge in [0.2, 0.25) is 0 Å². The van der Waals surface area contributed by atoms with Gasteiger partial charge in [0.25, 0.3) is 0 Å². The summed E-state index contributed by atoms with van der Waals surface area (Å²) in [5, 5.41) is 0. The van der Waals surface area contributed by atoms with Crippen molar-refractivity contribution in [1.82, 2.24) is 0 Å². The molecule has 14 heavy (non-hydrogen) atoms. The summed E-state index contributed by atoms with van der Waals surface area (Å²) < 4.78 is 0. The maximum absolute atomic E-state index is 4.17. The lowest BCUT2D eigenvalue weighted by molar-refractivity contribution is 0.701. The van der Waals surface area contributed by atoms with E-state index in [1.807, 2.05) is 6.08 Å². The molecule has 76 valence electrons. The molecule has 0 nitrogen and oxygen atoms in total.